The Morgan fingerprint density at radius 1 is 1.10 bits per heavy atom. The Kier molecular flexibility index (Phi) is 5.74. The lowest BCUT2D eigenvalue weighted by Crippen LogP contribution is -2.40. The molecule has 0 radical (unpaired) electrons. The number of nitrogens with zero attached hydrogens (tertiary/aromatic N) is 3. The molecule has 3 aromatic rings. The van der Waals surface area contributed by atoms with Gasteiger partial charge < -0.3 is 10.4 Å². The van der Waals surface area contributed by atoms with Crippen molar-refractivity contribution in [1.29, 1.82) is 0 Å². The van der Waals surface area contributed by atoms with E-state index in [4.69, 9.17) is 5.10 Å². The van der Waals surface area contributed by atoms with Gasteiger partial charge in [0.05, 0.1) is 24.0 Å². The van der Waals surface area contributed by atoms with E-state index < -0.39 is 0 Å². The normalized spacial score (nSPS) is 15.4. The van der Waals surface area contributed by atoms with Crippen LogP contribution in [0.3, 0.4) is 0 Å². The summed E-state index contributed by atoms with van der Waals surface area (Å²) in [5.41, 5.74) is 3.90. The van der Waals surface area contributed by atoms with Gasteiger partial charge in [0.1, 0.15) is 5.82 Å². The smallest absolute Gasteiger partial charge is 0.239 e. The maximum atomic E-state index is 12.7. The Morgan fingerprint density at radius 2 is 1.79 bits per heavy atom. The number of anilines is 1. The maximum Gasteiger partial charge on any atom is 0.239 e. The van der Waals surface area contributed by atoms with Gasteiger partial charge in [0.2, 0.25) is 5.91 Å². The largest absolute Gasteiger partial charge is 0.393 e. The predicted octanol–water partition coefficient (Wildman–Crippen LogP) is 3.24. The summed E-state index contributed by atoms with van der Waals surface area (Å²) in [7, 11) is 0. The maximum absolute atomic E-state index is 12.7. The van der Waals surface area contributed by atoms with Gasteiger partial charge in [-0.3, -0.25) is 9.69 Å². The lowest BCUT2D eigenvalue weighted by molar-refractivity contribution is -0.117. The molecule has 1 aliphatic heterocycles. The number of benzene rings is 2. The van der Waals surface area contributed by atoms with Crippen molar-refractivity contribution < 1.29 is 9.90 Å². The van der Waals surface area contributed by atoms with Crippen molar-refractivity contribution >= 4 is 11.7 Å². The summed E-state index contributed by atoms with van der Waals surface area (Å²) in [6.07, 6.45) is 1.19. The zero-order valence-electron chi connectivity index (χ0n) is 16.6. The number of hydrogen-bond acceptors (Lipinski definition) is 4. The van der Waals surface area contributed by atoms with Crippen molar-refractivity contribution in [1.82, 2.24) is 14.7 Å². The molecule has 0 spiro atoms. The first kappa shape index (κ1) is 19.4. The molecule has 0 unspecified atom stereocenters. The third-order valence-corrected chi connectivity index (χ3v) is 5.25. The van der Waals surface area contributed by atoms with E-state index in [1.54, 1.807) is 4.68 Å². The number of aliphatic hydroxyl groups is 1. The number of carbonyl (C=O) groups is 1. The number of aryl methyl sites for hydroxylation is 1. The van der Waals surface area contributed by atoms with Gasteiger partial charge in [0.15, 0.2) is 0 Å². The number of nitrogens with one attached hydrogen (secondary N) is 1. The molecule has 2 heterocycles. The van der Waals surface area contributed by atoms with Gasteiger partial charge in [0, 0.05) is 24.7 Å². The number of aromatic nitrogens is 2. The number of carbonyl (C=O) groups excluding carboxylic acids is 1. The Labute approximate surface area is 170 Å². The Morgan fingerprint density at radius 3 is 2.48 bits per heavy atom. The molecule has 1 aromatic heterocycles. The Hall–Kier alpha value is -2.96. The minimum atomic E-state index is -0.245. The molecule has 2 aromatic carbocycles. The molecule has 6 nitrogen and oxygen atoms in total. The summed E-state index contributed by atoms with van der Waals surface area (Å²) in [6.45, 7) is 3.84. The summed E-state index contributed by atoms with van der Waals surface area (Å²) in [4.78, 5) is 14.8. The molecule has 1 fully saturated rings. The van der Waals surface area contributed by atoms with Crippen molar-refractivity contribution in [3.05, 3.63) is 66.2 Å². The highest BCUT2D eigenvalue weighted by molar-refractivity contribution is 5.92. The monoisotopic (exact) mass is 390 g/mol. The highest BCUT2D eigenvalue weighted by atomic mass is 16.3. The molecule has 6 heteroatoms. The lowest BCUT2D eigenvalue weighted by Gasteiger charge is -2.28. The van der Waals surface area contributed by atoms with Gasteiger partial charge >= 0.3 is 0 Å². The summed E-state index contributed by atoms with van der Waals surface area (Å²) in [5, 5.41) is 17.4. The highest BCUT2D eigenvalue weighted by Gasteiger charge is 2.20. The molecule has 2 N–H and O–H groups in total. The lowest BCUT2D eigenvalue weighted by atomic mass is 10.1. The zero-order valence-corrected chi connectivity index (χ0v) is 16.6. The van der Waals surface area contributed by atoms with Crippen molar-refractivity contribution in [2.75, 3.05) is 25.0 Å². The molecular weight excluding hydrogens is 364 g/mol. The second-order valence-electron chi connectivity index (χ2n) is 7.58. The van der Waals surface area contributed by atoms with Crippen LogP contribution >= 0.6 is 0 Å². The summed E-state index contributed by atoms with van der Waals surface area (Å²) < 4.78 is 1.77. The van der Waals surface area contributed by atoms with Crippen LogP contribution in [-0.4, -0.2) is 51.4 Å². The molecular formula is C23H26N4O2. The topological polar surface area (TPSA) is 70.4 Å². The van der Waals surface area contributed by atoms with E-state index in [-0.39, 0.29) is 12.0 Å². The summed E-state index contributed by atoms with van der Waals surface area (Å²) >= 11 is 0. The van der Waals surface area contributed by atoms with Gasteiger partial charge in [-0.05, 0) is 31.9 Å². The number of para-hydroxylation sites is 1. The van der Waals surface area contributed by atoms with Crippen LogP contribution in [0.2, 0.25) is 0 Å². The average Bonchev–Trinajstić information content (AvgIpc) is 3.14. The number of aliphatic hydroxyl groups excluding tert-OH is 1. The first-order valence-corrected chi connectivity index (χ1v) is 10.0. The molecule has 0 bridgehead atoms. The summed E-state index contributed by atoms with van der Waals surface area (Å²) in [6, 6.07) is 19.9. The fourth-order valence-corrected chi connectivity index (χ4v) is 3.56. The van der Waals surface area contributed by atoms with Crippen molar-refractivity contribution in [2.24, 2.45) is 0 Å². The van der Waals surface area contributed by atoms with Crippen LogP contribution in [0.15, 0.2) is 60.7 Å². The van der Waals surface area contributed by atoms with Crippen molar-refractivity contribution in [2.45, 2.75) is 25.9 Å². The predicted molar refractivity (Wildman–Crippen MR) is 114 cm³/mol. The molecule has 150 valence electrons. The Bertz CT molecular complexity index is 958. The van der Waals surface area contributed by atoms with Gasteiger partial charge in [-0.2, -0.15) is 5.10 Å². The minimum Gasteiger partial charge on any atom is -0.393 e. The van der Waals surface area contributed by atoms with Crippen LogP contribution in [0.1, 0.15) is 18.4 Å². The fraction of sp³-hybridized carbons (Fsp3) is 0.304. The second kappa shape index (κ2) is 8.59. The zero-order chi connectivity index (χ0) is 20.2. The summed E-state index contributed by atoms with van der Waals surface area (Å²) in [5.74, 6) is 0.572. The average molecular weight is 390 g/mol. The molecule has 1 saturated heterocycles. The van der Waals surface area contributed by atoms with Crippen LogP contribution in [-0.2, 0) is 4.79 Å². The van der Waals surface area contributed by atoms with E-state index in [0.29, 0.717) is 25.2 Å². The first-order chi connectivity index (χ1) is 14.1. The van der Waals surface area contributed by atoms with E-state index in [2.05, 4.69) is 29.3 Å². The van der Waals surface area contributed by atoms with E-state index >= 15 is 0 Å². The van der Waals surface area contributed by atoms with Crippen LogP contribution < -0.4 is 5.32 Å². The van der Waals surface area contributed by atoms with Crippen LogP contribution in [0.5, 0.6) is 0 Å². The Balaban J connectivity index is 1.57. The number of piperidine rings is 1. The van der Waals surface area contributed by atoms with E-state index in [1.165, 1.54) is 5.56 Å². The fourth-order valence-electron chi connectivity index (χ4n) is 3.56. The van der Waals surface area contributed by atoms with Crippen LogP contribution in [0.4, 0.5) is 5.82 Å². The molecule has 0 atom stereocenters. The molecule has 1 aliphatic rings. The van der Waals surface area contributed by atoms with Crippen molar-refractivity contribution in [3.8, 4) is 16.9 Å². The van der Waals surface area contributed by atoms with E-state index in [9.17, 15) is 9.90 Å². The van der Waals surface area contributed by atoms with Crippen LogP contribution in [0.25, 0.3) is 16.9 Å². The third kappa shape index (κ3) is 4.72. The van der Waals surface area contributed by atoms with Gasteiger partial charge in [-0.1, -0.05) is 48.0 Å². The number of hydrogen-bond donors (Lipinski definition) is 2. The molecule has 0 saturated carbocycles. The highest BCUT2D eigenvalue weighted by Crippen LogP contribution is 2.25. The van der Waals surface area contributed by atoms with Crippen LogP contribution in [0, 0.1) is 6.92 Å². The standard InChI is InChI=1S/C23H26N4O2/c1-17-7-9-18(10-8-17)21-15-22(27(25-21)19-5-3-2-4-6-19)24-23(29)16-26-13-11-20(28)12-14-26/h2-10,15,20,28H,11-14,16H2,1H3,(H,24,29). The molecule has 4 rings (SSSR count). The van der Waals surface area contributed by atoms with Crippen molar-refractivity contribution in [3.63, 3.8) is 0 Å². The number of likely N-dealkylation sites (tertiary alicyclic amines) is 1. The number of amides is 1. The molecule has 0 aliphatic carbocycles. The van der Waals surface area contributed by atoms with E-state index in [0.717, 1.165) is 30.0 Å². The second-order valence-corrected chi connectivity index (χ2v) is 7.58. The minimum absolute atomic E-state index is 0.0751. The first-order valence-electron chi connectivity index (χ1n) is 10.0. The molecule has 1 amide bonds. The van der Waals surface area contributed by atoms with Gasteiger partial charge in [0.25, 0.3) is 0 Å². The molecule has 29 heavy (non-hydrogen) atoms. The quantitative estimate of drug-likeness (QED) is 0.702. The third-order valence-electron chi connectivity index (χ3n) is 5.25. The van der Waals surface area contributed by atoms with E-state index in [1.807, 2.05) is 48.5 Å². The van der Waals surface area contributed by atoms with Gasteiger partial charge in [-0.15, -0.1) is 0 Å². The number of rotatable bonds is 5. The SMILES string of the molecule is Cc1ccc(-c2cc(NC(=O)CN3CCC(O)CC3)n(-c3ccccc3)n2)cc1. The van der Waals surface area contributed by atoms with Gasteiger partial charge in [-0.25, -0.2) is 4.68 Å².